The van der Waals surface area contributed by atoms with E-state index in [0.717, 1.165) is 6.42 Å². The summed E-state index contributed by atoms with van der Waals surface area (Å²) in [4.78, 5) is 22.7. The number of esters is 1. The van der Waals surface area contributed by atoms with Crippen molar-refractivity contribution < 1.29 is 14.3 Å². The molecule has 0 aromatic carbocycles. The molecule has 0 bridgehead atoms. The number of ether oxygens (including phenoxy) is 1. The van der Waals surface area contributed by atoms with E-state index in [1.807, 2.05) is 13.8 Å². The number of hydrogen-bond acceptors (Lipinski definition) is 3. The number of methoxy groups -OCH3 is 1. The molecule has 0 spiro atoms. The molecule has 13 heavy (non-hydrogen) atoms. The van der Waals surface area contributed by atoms with Gasteiger partial charge in [-0.05, 0) is 18.3 Å². The molecular weight excluding hydrogens is 168 g/mol. The van der Waals surface area contributed by atoms with Crippen LogP contribution in [0.25, 0.3) is 0 Å². The van der Waals surface area contributed by atoms with E-state index < -0.39 is 5.92 Å². The molecule has 1 rings (SSSR count). The highest BCUT2D eigenvalue weighted by molar-refractivity contribution is 6.00. The SMILES string of the molecule is COC(=O)C1C(=O)CC[C@@H]1C(C)C. The van der Waals surface area contributed by atoms with Crippen molar-refractivity contribution in [3.8, 4) is 0 Å². The molecule has 0 heterocycles. The van der Waals surface area contributed by atoms with Crippen molar-refractivity contribution in [2.24, 2.45) is 17.8 Å². The number of carbonyl (C=O) groups is 2. The molecular formula is C10H16O3. The van der Waals surface area contributed by atoms with E-state index >= 15 is 0 Å². The summed E-state index contributed by atoms with van der Waals surface area (Å²) in [5.74, 6) is -0.257. The minimum atomic E-state index is -0.495. The molecule has 0 aromatic rings. The molecule has 1 unspecified atom stereocenters. The third-order valence-electron chi connectivity index (χ3n) is 2.81. The molecule has 0 saturated heterocycles. The summed E-state index contributed by atoms with van der Waals surface area (Å²) >= 11 is 0. The Morgan fingerprint density at radius 2 is 2.15 bits per heavy atom. The Labute approximate surface area is 78.5 Å². The van der Waals surface area contributed by atoms with E-state index in [1.165, 1.54) is 7.11 Å². The Hall–Kier alpha value is -0.860. The zero-order chi connectivity index (χ0) is 10.0. The molecule has 0 radical (unpaired) electrons. The number of ketones is 1. The number of rotatable bonds is 2. The molecule has 74 valence electrons. The normalized spacial score (nSPS) is 28.2. The van der Waals surface area contributed by atoms with Gasteiger partial charge in [0.1, 0.15) is 11.7 Å². The van der Waals surface area contributed by atoms with Gasteiger partial charge < -0.3 is 4.74 Å². The predicted octanol–water partition coefficient (Wildman–Crippen LogP) is 1.41. The second-order valence-electron chi connectivity index (χ2n) is 3.91. The highest BCUT2D eigenvalue weighted by atomic mass is 16.5. The summed E-state index contributed by atoms with van der Waals surface area (Å²) in [6.07, 6.45) is 1.36. The lowest BCUT2D eigenvalue weighted by Crippen LogP contribution is -2.28. The van der Waals surface area contributed by atoms with Crippen LogP contribution in [0, 0.1) is 17.8 Å². The van der Waals surface area contributed by atoms with Crippen molar-refractivity contribution in [1.29, 1.82) is 0 Å². The molecule has 3 heteroatoms. The van der Waals surface area contributed by atoms with Gasteiger partial charge in [0, 0.05) is 6.42 Å². The quantitative estimate of drug-likeness (QED) is 0.481. The lowest BCUT2D eigenvalue weighted by Gasteiger charge is -2.19. The highest BCUT2D eigenvalue weighted by Crippen LogP contribution is 2.34. The van der Waals surface area contributed by atoms with Gasteiger partial charge >= 0.3 is 5.97 Å². The van der Waals surface area contributed by atoms with Crippen LogP contribution in [0.4, 0.5) is 0 Å². The molecule has 1 aliphatic rings. The minimum Gasteiger partial charge on any atom is -0.468 e. The van der Waals surface area contributed by atoms with Crippen molar-refractivity contribution in [1.82, 2.24) is 0 Å². The van der Waals surface area contributed by atoms with Crippen LogP contribution in [0.1, 0.15) is 26.7 Å². The van der Waals surface area contributed by atoms with Crippen molar-refractivity contribution >= 4 is 11.8 Å². The van der Waals surface area contributed by atoms with Gasteiger partial charge in [0.25, 0.3) is 0 Å². The first-order valence-electron chi connectivity index (χ1n) is 4.68. The molecule has 3 nitrogen and oxygen atoms in total. The summed E-state index contributed by atoms with van der Waals surface area (Å²) in [6.45, 7) is 4.08. The van der Waals surface area contributed by atoms with Crippen LogP contribution in [-0.4, -0.2) is 18.9 Å². The maximum atomic E-state index is 11.4. The lowest BCUT2D eigenvalue weighted by molar-refractivity contribution is -0.150. The Morgan fingerprint density at radius 1 is 1.54 bits per heavy atom. The van der Waals surface area contributed by atoms with E-state index in [0.29, 0.717) is 12.3 Å². The molecule has 0 amide bonds. The van der Waals surface area contributed by atoms with E-state index in [9.17, 15) is 9.59 Å². The first-order chi connectivity index (χ1) is 6.07. The molecule has 2 atom stereocenters. The number of carbonyl (C=O) groups excluding carboxylic acids is 2. The fourth-order valence-electron chi connectivity index (χ4n) is 2.02. The van der Waals surface area contributed by atoms with Crippen LogP contribution >= 0.6 is 0 Å². The number of hydrogen-bond donors (Lipinski definition) is 0. The summed E-state index contributed by atoms with van der Waals surface area (Å²) in [5, 5.41) is 0. The van der Waals surface area contributed by atoms with E-state index in [-0.39, 0.29) is 17.7 Å². The molecule has 1 fully saturated rings. The predicted molar refractivity (Wildman–Crippen MR) is 48.1 cm³/mol. The van der Waals surface area contributed by atoms with Crippen molar-refractivity contribution in [2.45, 2.75) is 26.7 Å². The van der Waals surface area contributed by atoms with Gasteiger partial charge in [0.2, 0.25) is 0 Å². The van der Waals surface area contributed by atoms with Gasteiger partial charge in [0.05, 0.1) is 7.11 Å². The third-order valence-corrected chi connectivity index (χ3v) is 2.81. The van der Waals surface area contributed by atoms with Crippen LogP contribution in [-0.2, 0) is 14.3 Å². The van der Waals surface area contributed by atoms with Gasteiger partial charge in [-0.2, -0.15) is 0 Å². The van der Waals surface area contributed by atoms with Crippen LogP contribution in [0.2, 0.25) is 0 Å². The molecule has 1 aliphatic carbocycles. The maximum absolute atomic E-state index is 11.4. The fraction of sp³-hybridized carbons (Fsp3) is 0.800. The molecule has 0 N–H and O–H groups in total. The van der Waals surface area contributed by atoms with Gasteiger partial charge in [-0.25, -0.2) is 0 Å². The molecule has 0 aliphatic heterocycles. The first kappa shape index (κ1) is 10.2. The second kappa shape index (κ2) is 3.90. The number of Topliss-reactive ketones (excluding diaryl/α,β-unsaturated/α-hetero) is 1. The largest absolute Gasteiger partial charge is 0.468 e. The average molecular weight is 184 g/mol. The van der Waals surface area contributed by atoms with Crippen LogP contribution in [0.5, 0.6) is 0 Å². The van der Waals surface area contributed by atoms with E-state index in [1.54, 1.807) is 0 Å². The van der Waals surface area contributed by atoms with Crippen molar-refractivity contribution in [2.75, 3.05) is 7.11 Å². The lowest BCUT2D eigenvalue weighted by atomic mass is 9.86. The van der Waals surface area contributed by atoms with Crippen LogP contribution < -0.4 is 0 Å². The maximum Gasteiger partial charge on any atom is 0.316 e. The third kappa shape index (κ3) is 1.90. The summed E-state index contributed by atoms with van der Waals surface area (Å²) < 4.78 is 4.63. The summed E-state index contributed by atoms with van der Waals surface area (Å²) in [7, 11) is 1.34. The van der Waals surface area contributed by atoms with Gasteiger partial charge in [-0.15, -0.1) is 0 Å². The Morgan fingerprint density at radius 3 is 2.62 bits per heavy atom. The summed E-state index contributed by atoms with van der Waals surface area (Å²) in [6, 6.07) is 0. The van der Waals surface area contributed by atoms with Gasteiger partial charge in [0.15, 0.2) is 0 Å². The topological polar surface area (TPSA) is 43.4 Å². The Balaban J connectivity index is 2.77. The van der Waals surface area contributed by atoms with Gasteiger partial charge in [-0.1, -0.05) is 13.8 Å². The van der Waals surface area contributed by atoms with Crippen LogP contribution in [0.3, 0.4) is 0 Å². The fourth-order valence-corrected chi connectivity index (χ4v) is 2.02. The van der Waals surface area contributed by atoms with Crippen molar-refractivity contribution in [3.63, 3.8) is 0 Å². The minimum absolute atomic E-state index is 0.0468. The standard InChI is InChI=1S/C10H16O3/c1-6(2)7-4-5-8(11)9(7)10(12)13-3/h6-7,9H,4-5H2,1-3H3/t7-,9?/m1/s1. The van der Waals surface area contributed by atoms with E-state index in [4.69, 9.17) is 0 Å². The van der Waals surface area contributed by atoms with E-state index in [2.05, 4.69) is 4.74 Å². The zero-order valence-electron chi connectivity index (χ0n) is 8.37. The molecule has 1 saturated carbocycles. The Bertz CT molecular complexity index is 220. The smallest absolute Gasteiger partial charge is 0.316 e. The van der Waals surface area contributed by atoms with Crippen molar-refractivity contribution in [3.05, 3.63) is 0 Å². The van der Waals surface area contributed by atoms with Crippen LogP contribution in [0.15, 0.2) is 0 Å². The monoisotopic (exact) mass is 184 g/mol. The second-order valence-corrected chi connectivity index (χ2v) is 3.91. The Kier molecular flexibility index (Phi) is 3.07. The molecule has 0 aromatic heterocycles. The first-order valence-corrected chi connectivity index (χ1v) is 4.68. The highest BCUT2D eigenvalue weighted by Gasteiger charge is 2.41. The average Bonchev–Trinajstić information content (AvgIpc) is 2.46. The van der Waals surface area contributed by atoms with Gasteiger partial charge in [-0.3, -0.25) is 9.59 Å². The zero-order valence-corrected chi connectivity index (χ0v) is 8.37. The summed E-state index contributed by atoms with van der Waals surface area (Å²) in [5.41, 5.74) is 0.